The summed E-state index contributed by atoms with van der Waals surface area (Å²) in [5.41, 5.74) is 2.57. The van der Waals surface area contributed by atoms with E-state index in [-0.39, 0.29) is 12.6 Å². The van der Waals surface area contributed by atoms with Gasteiger partial charge in [-0.2, -0.15) is 4.98 Å². The highest BCUT2D eigenvalue weighted by molar-refractivity contribution is 5.80. The van der Waals surface area contributed by atoms with E-state index in [1.54, 1.807) is 6.33 Å². The van der Waals surface area contributed by atoms with Crippen LogP contribution in [0.4, 0.5) is 5.82 Å². The van der Waals surface area contributed by atoms with Crippen LogP contribution >= 0.6 is 0 Å². The Hall–Kier alpha value is -2.67. The Morgan fingerprint density at radius 3 is 2.88 bits per heavy atom. The molecule has 7 heteroatoms. The minimum absolute atomic E-state index is 0.00400. The van der Waals surface area contributed by atoms with E-state index in [4.69, 9.17) is 4.74 Å². The largest absolute Gasteiger partial charge is 0.451 e. The molecule has 7 nitrogen and oxygen atoms in total. The van der Waals surface area contributed by atoms with E-state index in [1.165, 1.54) is 0 Å². The fourth-order valence-electron chi connectivity index (χ4n) is 2.47. The topological polar surface area (TPSA) is 97.2 Å². The molecule has 3 rings (SSSR count). The van der Waals surface area contributed by atoms with Gasteiger partial charge < -0.3 is 15.2 Å². The molecule has 0 spiro atoms. The third-order valence-electron chi connectivity index (χ3n) is 3.64. The molecule has 0 radical (unpaired) electrons. The lowest BCUT2D eigenvalue weighted by Crippen LogP contribution is -2.27. The Balaban J connectivity index is 1.82. The van der Waals surface area contributed by atoms with Gasteiger partial charge in [0.2, 0.25) is 5.52 Å². The zero-order valence-electron chi connectivity index (χ0n) is 13.6. The number of nitrogens with one attached hydrogen (secondary N) is 3. The number of aromatic nitrogens is 4. The molecule has 126 valence electrons. The van der Waals surface area contributed by atoms with Gasteiger partial charge in [-0.15, -0.1) is 0 Å². The van der Waals surface area contributed by atoms with Crippen LogP contribution in [0.3, 0.4) is 0 Å². The van der Waals surface area contributed by atoms with Crippen LogP contribution in [0.1, 0.15) is 18.9 Å². The molecule has 2 heterocycles. The Bertz CT molecular complexity index is 775. The standard InChI is InChI=1S/C17H21N5O2/c1-2-8-24-17-21-15-14(18-11-19-15)16(22-17)20-13(10-23)9-12-6-4-3-5-7-12/h3-7,11,13,23H,2,8-10H2,1H3,(H2,18,19,20,21,22)/p+1. The normalized spacial score (nSPS) is 12.2. The van der Waals surface area contributed by atoms with E-state index >= 15 is 0 Å². The van der Waals surface area contributed by atoms with E-state index in [9.17, 15) is 5.11 Å². The summed E-state index contributed by atoms with van der Waals surface area (Å²) >= 11 is 0. The van der Waals surface area contributed by atoms with Crippen LogP contribution in [-0.2, 0) is 6.42 Å². The number of hydrogen-bond acceptors (Lipinski definition) is 5. The second-order valence-corrected chi connectivity index (χ2v) is 5.57. The maximum absolute atomic E-state index is 9.73. The van der Waals surface area contributed by atoms with E-state index in [2.05, 4.69) is 25.3 Å². The quantitative estimate of drug-likeness (QED) is 0.583. The lowest BCUT2D eigenvalue weighted by atomic mass is 10.1. The number of aromatic amines is 2. The van der Waals surface area contributed by atoms with Gasteiger partial charge in [-0.25, -0.2) is 4.98 Å². The summed E-state index contributed by atoms with van der Waals surface area (Å²) in [6.07, 6.45) is 3.27. The molecular weight excluding hydrogens is 306 g/mol. The van der Waals surface area contributed by atoms with E-state index < -0.39 is 0 Å². The molecule has 0 bridgehead atoms. The number of rotatable bonds is 8. The van der Waals surface area contributed by atoms with Gasteiger partial charge in [0.1, 0.15) is 0 Å². The number of hydrogen-bond donors (Lipinski definition) is 3. The van der Waals surface area contributed by atoms with Gasteiger partial charge >= 0.3 is 11.7 Å². The molecule has 0 saturated carbocycles. The Morgan fingerprint density at radius 1 is 1.29 bits per heavy atom. The smallest absolute Gasteiger partial charge is 0.397 e. The molecule has 0 aliphatic carbocycles. The first-order valence-electron chi connectivity index (χ1n) is 8.11. The summed E-state index contributed by atoms with van der Waals surface area (Å²) in [6.45, 7) is 2.58. The van der Waals surface area contributed by atoms with E-state index in [0.29, 0.717) is 30.5 Å². The van der Waals surface area contributed by atoms with Gasteiger partial charge in [-0.05, 0) is 23.4 Å². The van der Waals surface area contributed by atoms with Crippen molar-refractivity contribution in [2.24, 2.45) is 0 Å². The summed E-state index contributed by atoms with van der Waals surface area (Å²) in [5, 5.41) is 13.0. The van der Waals surface area contributed by atoms with Gasteiger partial charge in [0.25, 0.3) is 0 Å². The van der Waals surface area contributed by atoms with Crippen LogP contribution in [0.2, 0.25) is 0 Å². The van der Waals surface area contributed by atoms with Crippen molar-refractivity contribution in [1.29, 1.82) is 0 Å². The SMILES string of the molecule is CCCOc1nc(NC(CO)Cc2ccccc2)c2[nH]c[nH+]c2n1. The fourth-order valence-corrected chi connectivity index (χ4v) is 2.47. The van der Waals surface area contributed by atoms with Crippen molar-refractivity contribution in [3.8, 4) is 6.01 Å². The third-order valence-corrected chi connectivity index (χ3v) is 3.64. The molecule has 0 aliphatic heterocycles. The molecule has 4 N–H and O–H groups in total. The first-order chi connectivity index (χ1) is 11.8. The number of H-pyrrole nitrogens is 2. The second kappa shape index (κ2) is 7.74. The molecule has 1 unspecified atom stereocenters. The lowest BCUT2D eigenvalue weighted by molar-refractivity contribution is -0.347. The van der Waals surface area contributed by atoms with Gasteiger partial charge in [0.15, 0.2) is 12.1 Å². The van der Waals surface area contributed by atoms with Crippen molar-refractivity contribution < 1.29 is 14.8 Å². The highest BCUT2D eigenvalue weighted by atomic mass is 16.5. The summed E-state index contributed by atoms with van der Waals surface area (Å²) in [6, 6.07) is 10.2. The number of anilines is 1. The minimum atomic E-state index is -0.159. The minimum Gasteiger partial charge on any atom is -0.451 e. The molecule has 24 heavy (non-hydrogen) atoms. The van der Waals surface area contributed by atoms with Crippen LogP contribution in [0, 0.1) is 0 Å². The highest BCUT2D eigenvalue weighted by Crippen LogP contribution is 2.20. The predicted molar refractivity (Wildman–Crippen MR) is 90.9 cm³/mol. The summed E-state index contributed by atoms with van der Waals surface area (Å²) in [7, 11) is 0. The predicted octanol–water partition coefficient (Wildman–Crippen LogP) is 1.58. The highest BCUT2D eigenvalue weighted by Gasteiger charge is 2.19. The molecule has 0 fully saturated rings. The molecule has 0 saturated heterocycles. The van der Waals surface area contributed by atoms with E-state index in [0.717, 1.165) is 17.5 Å². The Labute approximate surface area is 140 Å². The Morgan fingerprint density at radius 2 is 2.12 bits per heavy atom. The van der Waals surface area contributed by atoms with Crippen molar-refractivity contribution in [2.45, 2.75) is 25.8 Å². The summed E-state index contributed by atoms with van der Waals surface area (Å²) in [5.74, 6) is 0.613. The van der Waals surface area contributed by atoms with Crippen molar-refractivity contribution in [2.75, 3.05) is 18.5 Å². The number of imidazole rings is 1. The average Bonchev–Trinajstić information content (AvgIpc) is 3.09. The summed E-state index contributed by atoms with van der Waals surface area (Å²) < 4.78 is 5.55. The third kappa shape index (κ3) is 3.80. The van der Waals surface area contributed by atoms with Gasteiger partial charge in [0.05, 0.1) is 19.3 Å². The first-order valence-corrected chi connectivity index (χ1v) is 8.11. The van der Waals surface area contributed by atoms with Crippen LogP contribution in [0.5, 0.6) is 6.01 Å². The van der Waals surface area contributed by atoms with Crippen LogP contribution < -0.4 is 15.0 Å². The van der Waals surface area contributed by atoms with Crippen molar-refractivity contribution in [1.82, 2.24) is 15.0 Å². The van der Waals surface area contributed by atoms with Crippen molar-refractivity contribution in [3.05, 3.63) is 42.2 Å². The number of nitrogens with zero attached hydrogens (tertiary/aromatic N) is 2. The van der Waals surface area contributed by atoms with Gasteiger partial charge in [0, 0.05) is 0 Å². The lowest BCUT2D eigenvalue weighted by Gasteiger charge is -2.16. The maximum Gasteiger partial charge on any atom is 0.397 e. The number of benzene rings is 1. The van der Waals surface area contributed by atoms with Crippen LogP contribution in [0.25, 0.3) is 11.2 Å². The molecule has 1 aromatic carbocycles. The number of fused-ring (bicyclic) bond motifs is 1. The van der Waals surface area contributed by atoms with Crippen LogP contribution in [-0.4, -0.2) is 39.3 Å². The van der Waals surface area contributed by atoms with Crippen molar-refractivity contribution >= 4 is 17.0 Å². The summed E-state index contributed by atoms with van der Waals surface area (Å²) in [4.78, 5) is 14.9. The molecule has 3 aromatic rings. The zero-order chi connectivity index (χ0) is 16.8. The van der Waals surface area contributed by atoms with Crippen LogP contribution in [0.15, 0.2) is 36.7 Å². The number of aliphatic hydroxyl groups excluding tert-OH is 1. The van der Waals surface area contributed by atoms with Crippen molar-refractivity contribution in [3.63, 3.8) is 0 Å². The van der Waals surface area contributed by atoms with E-state index in [1.807, 2.05) is 37.3 Å². The molecular formula is C17H22N5O2+. The second-order valence-electron chi connectivity index (χ2n) is 5.57. The zero-order valence-corrected chi connectivity index (χ0v) is 13.6. The molecule has 0 aliphatic rings. The average molecular weight is 328 g/mol. The monoisotopic (exact) mass is 328 g/mol. The van der Waals surface area contributed by atoms with Gasteiger partial charge in [-0.3, -0.25) is 4.98 Å². The number of ether oxygens (including phenoxy) is 1. The number of aliphatic hydroxyl groups is 1. The molecule has 2 aromatic heterocycles. The first kappa shape index (κ1) is 16.2. The molecule has 0 amide bonds. The van der Waals surface area contributed by atoms with Gasteiger partial charge in [-0.1, -0.05) is 37.3 Å². The molecule has 1 atom stereocenters. The fraction of sp³-hybridized carbons (Fsp3) is 0.353. The Kier molecular flexibility index (Phi) is 5.22. The maximum atomic E-state index is 9.73.